The molecule has 1 saturated heterocycles. The Morgan fingerprint density at radius 1 is 1.22 bits per heavy atom. The summed E-state index contributed by atoms with van der Waals surface area (Å²) in [7, 11) is 0. The SMILES string of the molecule is Cc1cc(N[C@@H](Cc2ccccc2)C(=O)N2CCOCC2)nc(C2CC2)n1. The number of ether oxygens (including phenoxy) is 1. The van der Waals surface area contributed by atoms with Crippen molar-refractivity contribution in [2.45, 2.75) is 38.1 Å². The van der Waals surface area contributed by atoms with E-state index in [9.17, 15) is 4.79 Å². The molecule has 1 atom stereocenters. The fraction of sp³-hybridized carbons (Fsp3) is 0.476. The first-order valence-corrected chi connectivity index (χ1v) is 9.71. The van der Waals surface area contributed by atoms with Gasteiger partial charge in [0.1, 0.15) is 17.7 Å². The number of carbonyl (C=O) groups is 1. The van der Waals surface area contributed by atoms with Gasteiger partial charge in [0.15, 0.2) is 0 Å². The minimum Gasteiger partial charge on any atom is -0.378 e. The van der Waals surface area contributed by atoms with E-state index in [4.69, 9.17) is 4.74 Å². The van der Waals surface area contributed by atoms with Crippen LogP contribution in [-0.4, -0.2) is 53.1 Å². The van der Waals surface area contributed by atoms with Gasteiger partial charge in [0.25, 0.3) is 0 Å². The van der Waals surface area contributed by atoms with Crippen molar-refractivity contribution >= 4 is 11.7 Å². The summed E-state index contributed by atoms with van der Waals surface area (Å²) < 4.78 is 5.40. The minimum atomic E-state index is -0.355. The largest absolute Gasteiger partial charge is 0.378 e. The highest BCUT2D eigenvalue weighted by Crippen LogP contribution is 2.38. The molecule has 6 heteroatoms. The lowest BCUT2D eigenvalue weighted by Crippen LogP contribution is -2.48. The first-order valence-electron chi connectivity index (χ1n) is 9.71. The van der Waals surface area contributed by atoms with E-state index < -0.39 is 0 Å². The summed E-state index contributed by atoms with van der Waals surface area (Å²) in [4.78, 5) is 24.3. The van der Waals surface area contributed by atoms with Gasteiger partial charge in [-0.25, -0.2) is 9.97 Å². The van der Waals surface area contributed by atoms with Crippen molar-refractivity contribution in [2.24, 2.45) is 0 Å². The van der Waals surface area contributed by atoms with Gasteiger partial charge < -0.3 is 15.0 Å². The Morgan fingerprint density at radius 3 is 2.67 bits per heavy atom. The van der Waals surface area contributed by atoms with E-state index in [1.807, 2.05) is 36.1 Å². The van der Waals surface area contributed by atoms with Gasteiger partial charge in [0, 0.05) is 37.2 Å². The van der Waals surface area contributed by atoms with E-state index in [1.54, 1.807) is 0 Å². The van der Waals surface area contributed by atoms with Crippen LogP contribution in [0, 0.1) is 6.92 Å². The van der Waals surface area contributed by atoms with Gasteiger partial charge in [0.05, 0.1) is 13.2 Å². The fourth-order valence-electron chi connectivity index (χ4n) is 3.42. The molecule has 1 saturated carbocycles. The van der Waals surface area contributed by atoms with Crippen LogP contribution in [0.15, 0.2) is 36.4 Å². The lowest BCUT2D eigenvalue weighted by Gasteiger charge is -2.31. The molecule has 0 radical (unpaired) electrons. The second kappa shape index (κ2) is 8.05. The van der Waals surface area contributed by atoms with Crippen LogP contribution in [0.25, 0.3) is 0 Å². The van der Waals surface area contributed by atoms with Crippen molar-refractivity contribution in [1.29, 1.82) is 0 Å². The molecule has 4 rings (SSSR count). The Bertz CT molecular complexity index is 786. The number of aryl methyl sites for hydroxylation is 1. The molecule has 0 bridgehead atoms. The summed E-state index contributed by atoms with van der Waals surface area (Å²) in [5.41, 5.74) is 2.07. The van der Waals surface area contributed by atoms with Gasteiger partial charge in [-0.1, -0.05) is 30.3 Å². The van der Waals surface area contributed by atoms with Gasteiger partial charge in [0.2, 0.25) is 5.91 Å². The molecular formula is C21H26N4O2. The molecule has 2 heterocycles. The molecule has 1 N–H and O–H groups in total. The van der Waals surface area contributed by atoms with E-state index >= 15 is 0 Å². The number of anilines is 1. The Kier molecular flexibility index (Phi) is 5.34. The maximum absolute atomic E-state index is 13.2. The molecule has 2 fully saturated rings. The first kappa shape index (κ1) is 17.9. The van der Waals surface area contributed by atoms with Gasteiger partial charge in [-0.15, -0.1) is 0 Å². The normalized spacial score (nSPS) is 18.2. The summed E-state index contributed by atoms with van der Waals surface area (Å²) >= 11 is 0. The van der Waals surface area contributed by atoms with Crippen LogP contribution in [0.5, 0.6) is 0 Å². The van der Waals surface area contributed by atoms with E-state index in [1.165, 1.54) is 0 Å². The predicted molar refractivity (Wildman–Crippen MR) is 104 cm³/mol. The molecule has 1 aromatic carbocycles. The van der Waals surface area contributed by atoms with Crippen LogP contribution < -0.4 is 5.32 Å². The van der Waals surface area contributed by atoms with Crippen LogP contribution in [0.1, 0.15) is 35.8 Å². The zero-order valence-corrected chi connectivity index (χ0v) is 15.7. The standard InChI is InChI=1S/C21H26N4O2/c1-15-13-19(24-20(22-15)17-7-8-17)23-18(14-16-5-3-2-4-6-16)21(26)25-9-11-27-12-10-25/h2-6,13,17-18H,7-12,14H2,1H3,(H,22,23,24)/t18-/m0/s1. The lowest BCUT2D eigenvalue weighted by molar-refractivity contribution is -0.136. The third kappa shape index (κ3) is 4.63. The second-order valence-corrected chi connectivity index (χ2v) is 7.35. The lowest BCUT2D eigenvalue weighted by atomic mass is 10.0. The second-order valence-electron chi connectivity index (χ2n) is 7.35. The number of benzene rings is 1. The Labute approximate surface area is 160 Å². The smallest absolute Gasteiger partial charge is 0.245 e. The van der Waals surface area contributed by atoms with E-state index in [-0.39, 0.29) is 11.9 Å². The molecule has 0 spiro atoms. The number of hydrogen-bond donors (Lipinski definition) is 1. The molecule has 1 aromatic heterocycles. The average Bonchev–Trinajstić information content (AvgIpc) is 3.53. The number of amides is 1. The average molecular weight is 366 g/mol. The number of nitrogens with one attached hydrogen (secondary N) is 1. The van der Waals surface area contributed by atoms with Crippen LogP contribution in [0.2, 0.25) is 0 Å². The first-order chi connectivity index (χ1) is 13.2. The molecule has 0 unspecified atom stereocenters. The van der Waals surface area contributed by atoms with Gasteiger partial charge in [-0.2, -0.15) is 0 Å². The highest BCUT2D eigenvalue weighted by atomic mass is 16.5. The number of aromatic nitrogens is 2. The van der Waals surface area contributed by atoms with E-state index in [0.717, 1.165) is 35.7 Å². The highest BCUT2D eigenvalue weighted by Gasteiger charge is 2.29. The van der Waals surface area contributed by atoms with Crippen LogP contribution >= 0.6 is 0 Å². The Balaban J connectivity index is 1.56. The zero-order valence-electron chi connectivity index (χ0n) is 15.7. The quantitative estimate of drug-likeness (QED) is 0.851. The van der Waals surface area contributed by atoms with Gasteiger partial charge in [-0.05, 0) is 25.3 Å². The van der Waals surface area contributed by atoms with Gasteiger partial charge in [-0.3, -0.25) is 4.79 Å². The maximum atomic E-state index is 13.2. The Morgan fingerprint density at radius 2 is 1.96 bits per heavy atom. The number of hydrogen-bond acceptors (Lipinski definition) is 5. The maximum Gasteiger partial charge on any atom is 0.245 e. The number of rotatable bonds is 6. The summed E-state index contributed by atoms with van der Waals surface area (Å²) in [6.45, 7) is 4.46. The molecule has 2 aromatic rings. The molecule has 1 amide bonds. The zero-order chi connectivity index (χ0) is 18.6. The third-order valence-electron chi connectivity index (χ3n) is 5.04. The summed E-state index contributed by atoms with van der Waals surface area (Å²) in [5, 5.41) is 3.41. The van der Waals surface area contributed by atoms with Crippen molar-refractivity contribution in [2.75, 3.05) is 31.6 Å². The molecule has 2 aliphatic rings. The van der Waals surface area contributed by atoms with Crippen LogP contribution in [-0.2, 0) is 16.0 Å². The van der Waals surface area contributed by atoms with Crippen molar-refractivity contribution in [3.8, 4) is 0 Å². The molecule has 6 nitrogen and oxygen atoms in total. The number of morpholine rings is 1. The summed E-state index contributed by atoms with van der Waals surface area (Å²) in [5.74, 6) is 2.22. The molecule has 1 aliphatic carbocycles. The van der Waals surface area contributed by atoms with Crippen molar-refractivity contribution in [1.82, 2.24) is 14.9 Å². The Hall–Kier alpha value is -2.47. The minimum absolute atomic E-state index is 0.103. The topological polar surface area (TPSA) is 67.4 Å². The number of carbonyl (C=O) groups excluding carboxylic acids is 1. The van der Waals surface area contributed by atoms with Crippen molar-refractivity contribution in [3.05, 3.63) is 53.5 Å². The fourth-order valence-corrected chi connectivity index (χ4v) is 3.42. The molecular weight excluding hydrogens is 340 g/mol. The van der Waals surface area contributed by atoms with Crippen LogP contribution in [0.3, 0.4) is 0 Å². The molecule has 1 aliphatic heterocycles. The summed E-state index contributed by atoms with van der Waals surface area (Å²) in [6, 6.07) is 11.7. The number of nitrogens with zero attached hydrogens (tertiary/aromatic N) is 3. The third-order valence-corrected chi connectivity index (χ3v) is 5.04. The van der Waals surface area contributed by atoms with Crippen molar-refractivity contribution in [3.63, 3.8) is 0 Å². The van der Waals surface area contributed by atoms with Crippen molar-refractivity contribution < 1.29 is 9.53 Å². The van der Waals surface area contributed by atoms with E-state index in [2.05, 4.69) is 27.4 Å². The molecule has 142 valence electrons. The highest BCUT2D eigenvalue weighted by molar-refractivity contribution is 5.85. The monoisotopic (exact) mass is 366 g/mol. The molecule has 27 heavy (non-hydrogen) atoms. The van der Waals surface area contributed by atoms with Crippen LogP contribution in [0.4, 0.5) is 5.82 Å². The summed E-state index contributed by atoms with van der Waals surface area (Å²) in [6.07, 6.45) is 2.94. The predicted octanol–water partition coefficient (Wildman–Crippen LogP) is 2.54. The van der Waals surface area contributed by atoms with Gasteiger partial charge >= 0.3 is 0 Å². The van der Waals surface area contributed by atoms with E-state index in [0.29, 0.717) is 38.6 Å².